The van der Waals surface area contributed by atoms with Gasteiger partial charge in [-0.25, -0.2) is 9.78 Å². The van der Waals surface area contributed by atoms with Gasteiger partial charge >= 0.3 is 13.2 Å². The zero-order valence-electron chi connectivity index (χ0n) is 23.4. The molecule has 3 fully saturated rings. The van der Waals surface area contributed by atoms with Gasteiger partial charge in [0.25, 0.3) is 0 Å². The molecule has 204 valence electrons. The smallest absolute Gasteiger partial charge is 0.453 e. The lowest BCUT2D eigenvalue weighted by Gasteiger charge is -2.37. The van der Waals surface area contributed by atoms with Gasteiger partial charge in [-0.2, -0.15) is 0 Å². The van der Waals surface area contributed by atoms with Crippen LogP contribution in [0.4, 0.5) is 4.79 Å². The van der Waals surface area contributed by atoms with Crippen molar-refractivity contribution >= 4 is 24.6 Å². The number of aromatic nitrogens is 2. The van der Waals surface area contributed by atoms with Gasteiger partial charge in [0.1, 0.15) is 11.9 Å². The number of benzene rings is 1. The Morgan fingerprint density at radius 3 is 2.39 bits per heavy atom. The highest BCUT2D eigenvalue weighted by molar-refractivity contribution is 6.62. The second-order valence-electron chi connectivity index (χ2n) is 12.2. The van der Waals surface area contributed by atoms with Gasteiger partial charge in [0.05, 0.1) is 36.2 Å². The van der Waals surface area contributed by atoms with E-state index in [0.29, 0.717) is 5.92 Å². The molecular weight excluding hydrogens is 483 g/mol. The molecule has 1 aromatic heterocycles. The number of nitrogens with one attached hydrogen (secondary N) is 2. The van der Waals surface area contributed by atoms with Gasteiger partial charge < -0.3 is 29.2 Å². The number of carbonyl (C=O) groups excluding carboxylic acids is 2. The van der Waals surface area contributed by atoms with E-state index in [4.69, 9.17) is 19.0 Å². The molecule has 2 amide bonds. The first kappa shape index (κ1) is 26.7. The molecule has 10 heteroatoms. The third kappa shape index (κ3) is 4.62. The van der Waals surface area contributed by atoms with Gasteiger partial charge in [0.15, 0.2) is 0 Å². The summed E-state index contributed by atoms with van der Waals surface area (Å²) in [7, 11) is 0.900. The zero-order chi connectivity index (χ0) is 27.4. The lowest BCUT2D eigenvalue weighted by Crippen LogP contribution is -2.54. The van der Waals surface area contributed by atoms with Crippen molar-refractivity contribution < 1.29 is 23.6 Å². The summed E-state index contributed by atoms with van der Waals surface area (Å²) in [5, 5.41) is 2.74. The van der Waals surface area contributed by atoms with Crippen LogP contribution in [0.2, 0.25) is 0 Å². The van der Waals surface area contributed by atoms with Crippen LogP contribution in [0.15, 0.2) is 30.5 Å². The number of fused-ring (bicyclic) bond motifs is 2. The number of hydrogen-bond acceptors (Lipinski definition) is 6. The van der Waals surface area contributed by atoms with Gasteiger partial charge in [-0.15, -0.1) is 0 Å². The number of nitrogens with zero attached hydrogens (tertiary/aromatic N) is 2. The number of carbonyl (C=O) groups is 2. The van der Waals surface area contributed by atoms with E-state index >= 15 is 0 Å². The van der Waals surface area contributed by atoms with Crippen LogP contribution in [0.1, 0.15) is 72.7 Å². The van der Waals surface area contributed by atoms with Crippen LogP contribution in [0.5, 0.6) is 0 Å². The van der Waals surface area contributed by atoms with Gasteiger partial charge in [0, 0.05) is 6.04 Å². The molecule has 4 atom stereocenters. The van der Waals surface area contributed by atoms with Gasteiger partial charge in [0.2, 0.25) is 5.91 Å². The summed E-state index contributed by atoms with van der Waals surface area (Å²) in [6, 6.07) is 7.49. The Labute approximate surface area is 225 Å². The predicted molar refractivity (Wildman–Crippen MR) is 145 cm³/mol. The Morgan fingerprint density at radius 1 is 1.13 bits per heavy atom. The number of piperidine rings is 1. The summed E-state index contributed by atoms with van der Waals surface area (Å²) in [5.74, 6) is 0.985. The van der Waals surface area contributed by atoms with Gasteiger partial charge in [-0.1, -0.05) is 38.1 Å². The molecule has 9 nitrogen and oxygen atoms in total. The van der Waals surface area contributed by atoms with Crippen LogP contribution in [0, 0.1) is 11.8 Å². The quantitative estimate of drug-likeness (QED) is 0.559. The van der Waals surface area contributed by atoms with Crippen LogP contribution in [0.25, 0.3) is 11.3 Å². The number of amides is 2. The van der Waals surface area contributed by atoms with E-state index in [2.05, 4.69) is 10.3 Å². The van der Waals surface area contributed by atoms with E-state index in [1.54, 1.807) is 0 Å². The first-order valence-corrected chi connectivity index (χ1v) is 13.6. The minimum Gasteiger partial charge on any atom is -0.453 e. The Morgan fingerprint density at radius 2 is 1.79 bits per heavy atom. The minimum absolute atomic E-state index is 0.0731. The van der Waals surface area contributed by atoms with Crippen LogP contribution in [-0.4, -0.2) is 64.4 Å². The van der Waals surface area contributed by atoms with Crippen molar-refractivity contribution in [3.63, 3.8) is 0 Å². The number of aromatic amines is 1. The maximum Gasteiger partial charge on any atom is 0.494 e. The number of imidazole rings is 1. The maximum atomic E-state index is 13.7. The average Bonchev–Trinajstić information content (AvgIpc) is 3.65. The Kier molecular flexibility index (Phi) is 6.84. The van der Waals surface area contributed by atoms with Crippen LogP contribution >= 0.6 is 0 Å². The zero-order valence-corrected chi connectivity index (χ0v) is 23.4. The molecule has 3 unspecified atom stereocenters. The molecule has 1 aliphatic carbocycles. The van der Waals surface area contributed by atoms with Crippen molar-refractivity contribution in [1.82, 2.24) is 20.2 Å². The van der Waals surface area contributed by atoms with E-state index in [1.165, 1.54) is 7.11 Å². The second kappa shape index (κ2) is 9.72. The van der Waals surface area contributed by atoms with Gasteiger partial charge in [-0.3, -0.25) is 4.79 Å². The summed E-state index contributed by atoms with van der Waals surface area (Å²) < 4.78 is 17.1. The highest BCUT2D eigenvalue weighted by Crippen LogP contribution is 2.50. The topological polar surface area (TPSA) is 106 Å². The summed E-state index contributed by atoms with van der Waals surface area (Å²) in [5.41, 5.74) is 2.08. The molecule has 3 aliphatic rings. The normalized spacial score (nSPS) is 26.2. The van der Waals surface area contributed by atoms with Crippen molar-refractivity contribution in [2.75, 3.05) is 7.11 Å². The third-order valence-corrected chi connectivity index (χ3v) is 8.85. The SMILES string of the molecule is COC(=O)N[C@H](C(=O)N1C2CCC(C2)C1c1ncc(-c2ccc(B3OC(C)(C)C(C)(C)O3)cc2)[nH]1)C(C)C. The molecule has 0 radical (unpaired) electrons. The molecule has 1 saturated carbocycles. The Bertz CT molecular complexity index is 1180. The van der Waals surface area contributed by atoms with E-state index in [-0.39, 0.29) is 35.1 Å². The molecule has 2 saturated heterocycles. The number of hydrogen-bond donors (Lipinski definition) is 2. The minimum atomic E-state index is -0.652. The third-order valence-electron chi connectivity index (χ3n) is 8.85. The van der Waals surface area contributed by atoms with Crippen LogP contribution in [0.3, 0.4) is 0 Å². The Balaban J connectivity index is 1.35. The Hall–Kier alpha value is -2.85. The van der Waals surface area contributed by atoms with Crippen molar-refractivity contribution in [3.05, 3.63) is 36.3 Å². The fraction of sp³-hybridized carbons (Fsp3) is 0.607. The summed E-state index contributed by atoms with van der Waals surface area (Å²) >= 11 is 0. The first-order chi connectivity index (χ1) is 17.9. The molecular formula is C28H39BN4O5. The number of ether oxygens (including phenoxy) is 1. The predicted octanol–water partition coefficient (Wildman–Crippen LogP) is 3.81. The number of alkyl carbamates (subject to hydrolysis) is 1. The monoisotopic (exact) mass is 522 g/mol. The number of methoxy groups -OCH3 is 1. The van der Waals surface area contributed by atoms with E-state index in [1.807, 2.05) is 76.9 Å². The fourth-order valence-electron chi connectivity index (χ4n) is 5.95. The number of rotatable bonds is 6. The van der Waals surface area contributed by atoms with E-state index in [9.17, 15) is 9.59 Å². The largest absolute Gasteiger partial charge is 0.494 e. The second-order valence-corrected chi connectivity index (χ2v) is 12.2. The molecule has 2 aromatic rings. The number of H-pyrrole nitrogens is 1. The highest BCUT2D eigenvalue weighted by Gasteiger charge is 2.52. The molecule has 2 bridgehead atoms. The molecule has 2 N–H and O–H groups in total. The van der Waals surface area contributed by atoms with E-state index in [0.717, 1.165) is 41.8 Å². The molecule has 1 aromatic carbocycles. The maximum absolute atomic E-state index is 13.7. The van der Waals surface area contributed by atoms with E-state index < -0.39 is 19.3 Å². The van der Waals surface area contributed by atoms with Crippen LogP contribution < -0.4 is 10.8 Å². The molecule has 3 heterocycles. The summed E-state index contributed by atoms with van der Waals surface area (Å²) in [4.78, 5) is 35.9. The lowest BCUT2D eigenvalue weighted by atomic mass is 9.79. The standard InChI is InChI=1S/C28H39BN4O5/c1-16(2)22(32-26(35)36-7)25(34)33-20-13-10-18(14-20)23(33)24-30-15-21(31-24)17-8-11-19(12-9-17)29-37-27(3,4)28(5,6)38-29/h8-9,11-12,15-16,18,20,22-23H,10,13-14H2,1-7H3,(H,30,31)(H,32,35)/t18?,20?,22-,23?/m0/s1. The molecule has 5 rings (SSSR count). The molecule has 0 spiro atoms. The summed E-state index contributed by atoms with van der Waals surface area (Å²) in [6.07, 6.45) is 4.24. The highest BCUT2D eigenvalue weighted by atomic mass is 16.7. The van der Waals surface area contributed by atoms with Crippen molar-refractivity contribution in [2.24, 2.45) is 11.8 Å². The van der Waals surface area contributed by atoms with Crippen molar-refractivity contribution in [1.29, 1.82) is 0 Å². The fourth-order valence-corrected chi connectivity index (χ4v) is 5.95. The van der Waals surface area contributed by atoms with Crippen molar-refractivity contribution in [3.8, 4) is 11.3 Å². The first-order valence-electron chi connectivity index (χ1n) is 13.6. The van der Waals surface area contributed by atoms with Gasteiger partial charge in [-0.05, 0) is 69.8 Å². The lowest BCUT2D eigenvalue weighted by molar-refractivity contribution is -0.139. The molecule has 2 aliphatic heterocycles. The van der Waals surface area contributed by atoms with Crippen LogP contribution in [-0.2, 0) is 18.8 Å². The molecule has 38 heavy (non-hydrogen) atoms. The summed E-state index contributed by atoms with van der Waals surface area (Å²) in [6.45, 7) is 12.1. The van der Waals surface area contributed by atoms with Crippen molar-refractivity contribution in [2.45, 2.75) is 90.1 Å². The average molecular weight is 522 g/mol. The number of likely N-dealkylation sites (tertiary alicyclic amines) is 1.